The van der Waals surface area contributed by atoms with Gasteiger partial charge in [0.05, 0.1) is 19.8 Å². The molecule has 0 aliphatic carbocycles. The highest BCUT2D eigenvalue weighted by molar-refractivity contribution is 6.04. The summed E-state index contributed by atoms with van der Waals surface area (Å²) in [7, 11) is 1.56. The molecule has 0 saturated carbocycles. The van der Waals surface area contributed by atoms with Crippen LogP contribution in [0.3, 0.4) is 0 Å². The van der Waals surface area contributed by atoms with E-state index in [0.717, 1.165) is 0 Å². The van der Waals surface area contributed by atoms with Crippen molar-refractivity contribution in [2.75, 3.05) is 32.1 Å². The Morgan fingerprint density at radius 3 is 2.62 bits per heavy atom. The van der Waals surface area contributed by atoms with Crippen LogP contribution in [0.25, 0.3) is 0 Å². The zero-order valence-corrected chi connectivity index (χ0v) is 14.9. The van der Waals surface area contributed by atoms with E-state index in [9.17, 15) is 9.59 Å². The van der Waals surface area contributed by atoms with Crippen molar-refractivity contribution in [1.29, 1.82) is 0 Å². The summed E-state index contributed by atoms with van der Waals surface area (Å²) in [5.41, 5.74) is 1.73. The Labute approximate surface area is 152 Å². The van der Waals surface area contributed by atoms with E-state index in [4.69, 9.17) is 9.47 Å². The number of hydrogen-bond donors (Lipinski definition) is 1. The summed E-state index contributed by atoms with van der Waals surface area (Å²) in [6, 6.07) is 13.8. The highest BCUT2D eigenvalue weighted by Crippen LogP contribution is 2.17. The van der Waals surface area contributed by atoms with Gasteiger partial charge >= 0.3 is 0 Å². The van der Waals surface area contributed by atoms with Crippen LogP contribution in [-0.4, -0.2) is 49.6 Å². The minimum atomic E-state index is -0.231. The molecule has 136 valence electrons. The summed E-state index contributed by atoms with van der Waals surface area (Å²) in [6.07, 6.45) is 0.0501. The van der Waals surface area contributed by atoms with Gasteiger partial charge in [-0.3, -0.25) is 9.59 Å². The van der Waals surface area contributed by atoms with Crippen LogP contribution in [0.5, 0.6) is 5.75 Å². The molecule has 1 saturated heterocycles. The van der Waals surface area contributed by atoms with Gasteiger partial charge in [-0.1, -0.05) is 6.07 Å². The lowest BCUT2D eigenvalue weighted by Gasteiger charge is -2.31. The highest BCUT2D eigenvalue weighted by atomic mass is 16.5. The standard InChI is InChI=1S/C20H22N2O4/c1-14-13-22(10-11-26-14)20(24)15-6-8-17(9-7-15)21-19(23)16-4-3-5-18(12-16)25-2/h3-9,12,14H,10-11,13H2,1-2H3,(H,21,23). The van der Waals surface area contributed by atoms with Crippen molar-refractivity contribution in [3.8, 4) is 5.75 Å². The van der Waals surface area contributed by atoms with Crippen LogP contribution >= 0.6 is 0 Å². The fraction of sp³-hybridized carbons (Fsp3) is 0.300. The molecule has 0 bridgehead atoms. The van der Waals surface area contributed by atoms with Gasteiger partial charge in [-0.15, -0.1) is 0 Å². The van der Waals surface area contributed by atoms with Crippen molar-refractivity contribution in [2.24, 2.45) is 0 Å². The molecule has 6 nitrogen and oxygen atoms in total. The number of amides is 2. The largest absolute Gasteiger partial charge is 0.497 e. The summed E-state index contributed by atoms with van der Waals surface area (Å²) >= 11 is 0. The Kier molecular flexibility index (Phi) is 5.53. The maximum Gasteiger partial charge on any atom is 0.255 e. The van der Waals surface area contributed by atoms with E-state index in [1.54, 1.807) is 60.5 Å². The number of ether oxygens (including phenoxy) is 2. The van der Waals surface area contributed by atoms with E-state index in [1.165, 1.54) is 0 Å². The molecule has 26 heavy (non-hydrogen) atoms. The number of morpholine rings is 1. The Morgan fingerprint density at radius 2 is 1.92 bits per heavy atom. The lowest BCUT2D eigenvalue weighted by atomic mass is 10.1. The molecule has 1 fully saturated rings. The van der Waals surface area contributed by atoms with E-state index < -0.39 is 0 Å². The Balaban J connectivity index is 1.65. The van der Waals surface area contributed by atoms with Gasteiger partial charge in [0, 0.05) is 29.9 Å². The van der Waals surface area contributed by atoms with Crippen molar-refractivity contribution in [2.45, 2.75) is 13.0 Å². The van der Waals surface area contributed by atoms with Gasteiger partial charge in [-0.2, -0.15) is 0 Å². The fourth-order valence-electron chi connectivity index (χ4n) is 2.85. The molecule has 1 heterocycles. The van der Waals surface area contributed by atoms with Crippen LogP contribution < -0.4 is 10.1 Å². The molecule has 2 amide bonds. The van der Waals surface area contributed by atoms with Gasteiger partial charge in [0.15, 0.2) is 0 Å². The van der Waals surface area contributed by atoms with Crippen molar-refractivity contribution in [1.82, 2.24) is 4.90 Å². The SMILES string of the molecule is COc1cccc(C(=O)Nc2ccc(C(=O)N3CCOC(C)C3)cc2)c1. The molecule has 3 rings (SSSR count). The first-order valence-electron chi connectivity index (χ1n) is 8.53. The number of methoxy groups -OCH3 is 1. The molecule has 1 atom stereocenters. The zero-order valence-electron chi connectivity index (χ0n) is 14.9. The molecule has 2 aromatic rings. The summed E-state index contributed by atoms with van der Waals surface area (Å²) in [6.45, 7) is 3.70. The van der Waals surface area contributed by atoms with E-state index in [1.807, 2.05) is 6.92 Å². The second-order valence-electron chi connectivity index (χ2n) is 6.20. The summed E-state index contributed by atoms with van der Waals surface area (Å²) in [5, 5.41) is 2.82. The van der Waals surface area contributed by atoms with E-state index in [-0.39, 0.29) is 17.9 Å². The molecule has 1 aliphatic rings. The van der Waals surface area contributed by atoms with E-state index in [2.05, 4.69) is 5.32 Å². The number of carbonyl (C=O) groups is 2. The lowest BCUT2D eigenvalue weighted by Crippen LogP contribution is -2.44. The topological polar surface area (TPSA) is 67.9 Å². The van der Waals surface area contributed by atoms with Crippen molar-refractivity contribution < 1.29 is 19.1 Å². The Hall–Kier alpha value is -2.86. The zero-order chi connectivity index (χ0) is 18.5. The number of carbonyl (C=O) groups excluding carboxylic acids is 2. The fourth-order valence-corrected chi connectivity index (χ4v) is 2.85. The molecule has 1 aliphatic heterocycles. The molecule has 2 aromatic carbocycles. The summed E-state index contributed by atoms with van der Waals surface area (Å²) in [4.78, 5) is 26.7. The van der Waals surface area contributed by atoms with Crippen LogP contribution in [0.2, 0.25) is 0 Å². The van der Waals surface area contributed by atoms with Gasteiger partial charge in [0.25, 0.3) is 11.8 Å². The molecule has 6 heteroatoms. The second-order valence-corrected chi connectivity index (χ2v) is 6.20. The first-order valence-corrected chi connectivity index (χ1v) is 8.53. The number of nitrogens with one attached hydrogen (secondary N) is 1. The Bertz CT molecular complexity index is 789. The highest BCUT2D eigenvalue weighted by Gasteiger charge is 2.22. The van der Waals surface area contributed by atoms with Gasteiger partial charge in [0.2, 0.25) is 0 Å². The maximum absolute atomic E-state index is 12.5. The predicted molar refractivity (Wildman–Crippen MR) is 98.7 cm³/mol. The van der Waals surface area contributed by atoms with Crippen LogP contribution in [0.1, 0.15) is 27.6 Å². The van der Waals surface area contributed by atoms with Gasteiger partial charge in [-0.05, 0) is 49.4 Å². The van der Waals surface area contributed by atoms with E-state index in [0.29, 0.717) is 42.3 Å². The lowest BCUT2D eigenvalue weighted by molar-refractivity contribution is -0.0124. The maximum atomic E-state index is 12.5. The molecular weight excluding hydrogens is 332 g/mol. The Morgan fingerprint density at radius 1 is 1.15 bits per heavy atom. The van der Waals surface area contributed by atoms with Crippen LogP contribution in [0.4, 0.5) is 5.69 Å². The molecule has 0 radical (unpaired) electrons. The van der Waals surface area contributed by atoms with E-state index >= 15 is 0 Å². The third kappa shape index (κ3) is 4.21. The molecule has 0 spiro atoms. The third-order valence-electron chi connectivity index (χ3n) is 4.25. The predicted octanol–water partition coefficient (Wildman–Crippen LogP) is 2.81. The summed E-state index contributed by atoms with van der Waals surface area (Å²) < 4.78 is 10.6. The van der Waals surface area contributed by atoms with Crippen molar-refractivity contribution in [3.05, 3.63) is 59.7 Å². The van der Waals surface area contributed by atoms with Crippen molar-refractivity contribution in [3.63, 3.8) is 0 Å². The molecular formula is C20H22N2O4. The third-order valence-corrected chi connectivity index (χ3v) is 4.25. The monoisotopic (exact) mass is 354 g/mol. The number of nitrogens with zero attached hydrogens (tertiary/aromatic N) is 1. The van der Waals surface area contributed by atoms with Crippen LogP contribution in [0.15, 0.2) is 48.5 Å². The van der Waals surface area contributed by atoms with Crippen molar-refractivity contribution >= 4 is 17.5 Å². The van der Waals surface area contributed by atoms with Crippen LogP contribution in [-0.2, 0) is 4.74 Å². The summed E-state index contributed by atoms with van der Waals surface area (Å²) in [5.74, 6) is 0.370. The first kappa shape index (κ1) is 17.9. The van der Waals surface area contributed by atoms with Gasteiger partial charge in [-0.25, -0.2) is 0 Å². The average Bonchev–Trinajstić information content (AvgIpc) is 2.68. The van der Waals surface area contributed by atoms with Gasteiger partial charge < -0.3 is 19.7 Å². The minimum absolute atomic E-state index is 0.0224. The number of anilines is 1. The molecule has 1 unspecified atom stereocenters. The minimum Gasteiger partial charge on any atom is -0.497 e. The first-order chi connectivity index (χ1) is 12.6. The number of benzene rings is 2. The normalized spacial score (nSPS) is 16.8. The van der Waals surface area contributed by atoms with Crippen LogP contribution in [0, 0.1) is 0 Å². The molecule has 0 aromatic heterocycles. The second kappa shape index (κ2) is 8.01. The smallest absolute Gasteiger partial charge is 0.255 e. The quantitative estimate of drug-likeness (QED) is 0.917. The molecule has 1 N–H and O–H groups in total. The number of rotatable bonds is 4. The average molecular weight is 354 g/mol. The van der Waals surface area contributed by atoms with Gasteiger partial charge in [0.1, 0.15) is 5.75 Å². The number of hydrogen-bond acceptors (Lipinski definition) is 4.